The van der Waals surface area contributed by atoms with Gasteiger partial charge in [-0.05, 0) is 71.3 Å². The summed E-state index contributed by atoms with van der Waals surface area (Å²) in [6, 6.07) is 23.6. The van der Waals surface area contributed by atoms with Gasteiger partial charge in [0.05, 0.1) is 0 Å². The van der Waals surface area contributed by atoms with E-state index in [1.807, 2.05) is 60.7 Å². The number of rotatable bonds is 4. The van der Waals surface area contributed by atoms with E-state index in [-0.39, 0.29) is 5.91 Å². The smallest absolute Gasteiger partial charge is 0.300 e. The van der Waals surface area contributed by atoms with E-state index in [1.165, 1.54) is 12.0 Å². The maximum atomic E-state index is 12.3. The maximum absolute atomic E-state index is 12.3. The summed E-state index contributed by atoms with van der Waals surface area (Å²) in [5.74, 6) is 6.80. The lowest BCUT2D eigenvalue weighted by Gasteiger charge is -2.35. The second kappa shape index (κ2) is 10.7. The first-order valence-corrected chi connectivity index (χ1v) is 11.8. The molecule has 3 aromatic rings. The Balaban J connectivity index is 1.31. The Bertz CT molecular complexity index is 1130. The van der Waals surface area contributed by atoms with E-state index in [1.54, 1.807) is 0 Å². The summed E-state index contributed by atoms with van der Waals surface area (Å²) in [5.41, 5.74) is 4.99. The van der Waals surface area contributed by atoms with Crippen molar-refractivity contribution in [3.8, 4) is 23.0 Å². The van der Waals surface area contributed by atoms with Crippen molar-refractivity contribution in [2.24, 2.45) is 11.8 Å². The van der Waals surface area contributed by atoms with Crippen molar-refractivity contribution in [2.75, 3.05) is 18.4 Å². The molecule has 0 spiro atoms. The predicted molar refractivity (Wildman–Crippen MR) is 137 cm³/mol. The molecule has 0 radical (unpaired) electrons. The summed E-state index contributed by atoms with van der Waals surface area (Å²) in [4.78, 5) is 14.8. The van der Waals surface area contributed by atoms with Crippen molar-refractivity contribution in [3.05, 3.63) is 88.9 Å². The largest absolute Gasteiger partial charge is 0.315 e. The van der Waals surface area contributed by atoms with Crippen LogP contribution in [0.4, 0.5) is 5.69 Å². The van der Waals surface area contributed by atoms with Crippen LogP contribution >= 0.6 is 11.6 Å². The van der Waals surface area contributed by atoms with Gasteiger partial charge in [-0.1, -0.05) is 67.8 Å². The quantitative estimate of drug-likeness (QED) is 0.456. The number of benzene rings is 3. The molecule has 33 heavy (non-hydrogen) atoms. The third-order valence-corrected chi connectivity index (χ3v) is 6.20. The minimum absolute atomic E-state index is 0.316. The van der Waals surface area contributed by atoms with Crippen LogP contribution in [0.1, 0.15) is 31.4 Å². The molecule has 0 bridgehead atoms. The van der Waals surface area contributed by atoms with Gasteiger partial charge in [-0.3, -0.25) is 9.69 Å². The van der Waals surface area contributed by atoms with E-state index >= 15 is 0 Å². The Hall–Kier alpha value is -3.06. The van der Waals surface area contributed by atoms with Gasteiger partial charge < -0.3 is 5.32 Å². The first kappa shape index (κ1) is 23.1. The van der Waals surface area contributed by atoms with Gasteiger partial charge in [-0.15, -0.1) is 0 Å². The van der Waals surface area contributed by atoms with E-state index in [0.29, 0.717) is 5.02 Å². The molecular formula is C29H29ClN2O. The van der Waals surface area contributed by atoms with Crippen LogP contribution < -0.4 is 5.32 Å². The number of carbonyl (C=O) groups is 1. The fourth-order valence-corrected chi connectivity index (χ4v) is 4.68. The highest BCUT2D eigenvalue weighted by molar-refractivity contribution is 6.30. The normalized spacial score (nSPS) is 18.3. The molecule has 4 rings (SSSR count). The van der Waals surface area contributed by atoms with Gasteiger partial charge in [0.15, 0.2) is 0 Å². The summed E-state index contributed by atoms with van der Waals surface area (Å²) in [6.45, 7) is 7.92. The molecule has 1 aliphatic rings. The minimum Gasteiger partial charge on any atom is -0.315 e. The van der Waals surface area contributed by atoms with Crippen molar-refractivity contribution in [3.63, 3.8) is 0 Å². The van der Waals surface area contributed by atoms with Crippen LogP contribution in [-0.4, -0.2) is 23.9 Å². The van der Waals surface area contributed by atoms with Gasteiger partial charge >= 0.3 is 5.91 Å². The highest BCUT2D eigenvalue weighted by Gasteiger charge is 2.21. The number of likely N-dealkylation sites (tertiary alicyclic amines) is 1. The van der Waals surface area contributed by atoms with Crippen LogP contribution in [0.15, 0.2) is 72.8 Å². The molecule has 1 heterocycles. The number of nitrogens with one attached hydrogen (secondary N) is 1. The zero-order chi connectivity index (χ0) is 23.2. The Labute approximate surface area is 201 Å². The predicted octanol–water partition coefficient (Wildman–Crippen LogP) is 6.48. The van der Waals surface area contributed by atoms with E-state index < -0.39 is 0 Å². The molecule has 3 nitrogen and oxygen atoms in total. The van der Waals surface area contributed by atoms with Gasteiger partial charge in [0.25, 0.3) is 0 Å². The molecule has 1 saturated heterocycles. The van der Waals surface area contributed by atoms with Crippen molar-refractivity contribution in [2.45, 2.75) is 26.8 Å². The Morgan fingerprint density at radius 2 is 1.48 bits per heavy atom. The number of piperidine rings is 1. The van der Waals surface area contributed by atoms with Gasteiger partial charge in [-0.25, -0.2) is 0 Å². The van der Waals surface area contributed by atoms with Crippen LogP contribution in [0, 0.1) is 23.7 Å². The maximum Gasteiger partial charge on any atom is 0.300 e. The van der Waals surface area contributed by atoms with Gasteiger partial charge in [0, 0.05) is 41.8 Å². The highest BCUT2D eigenvalue weighted by atomic mass is 35.5. The molecule has 2 atom stereocenters. The zero-order valence-electron chi connectivity index (χ0n) is 19.1. The summed E-state index contributed by atoms with van der Waals surface area (Å²) in [5, 5.41) is 3.58. The van der Waals surface area contributed by atoms with Crippen LogP contribution in [0.3, 0.4) is 0 Å². The highest BCUT2D eigenvalue weighted by Crippen LogP contribution is 2.23. The lowest BCUT2D eigenvalue weighted by molar-refractivity contribution is -0.111. The summed E-state index contributed by atoms with van der Waals surface area (Å²) < 4.78 is 0. The van der Waals surface area contributed by atoms with Crippen LogP contribution in [0.25, 0.3) is 11.1 Å². The van der Waals surface area contributed by atoms with Crippen LogP contribution in [-0.2, 0) is 11.3 Å². The Morgan fingerprint density at radius 1 is 0.909 bits per heavy atom. The molecule has 1 N–H and O–H groups in total. The molecular weight excluding hydrogens is 428 g/mol. The third-order valence-electron chi connectivity index (χ3n) is 5.95. The number of carbonyl (C=O) groups excluding carboxylic acids is 1. The Kier molecular flexibility index (Phi) is 7.50. The molecule has 0 aliphatic carbocycles. The first-order valence-electron chi connectivity index (χ1n) is 11.4. The second-order valence-electron chi connectivity index (χ2n) is 9.13. The van der Waals surface area contributed by atoms with Crippen molar-refractivity contribution in [1.29, 1.82) is 0 Å². The average Bonchev–Trinajstić information content (AvgIpc) is 2.79. The van der Waals surface area contributed by atoms with Gasteiger partial charge in [-0.2, -0.15) is 0 Å². The topological polar surface area (TPSA) is 32.3 Å². The number of anilines is 1. The molecule has 1 aliphatic heterocycles. The molecule has 168 valence electrons. The second-order valence-corrected chi connectivity index (χ2v) is 9.56. The fourth-order valence-electron chi connectivity index (χ4n) is 4.55. The molecule has 1 fully saturated rings. The van der Waals surface area contributed by atoms with E-state index in [9.17, 15) is 4.79 Å². The summed E-state index contributed by atoms with van der Waals surface area (Å²) in [7, 11) is 0. The SMILES string of the molecule is CC1CC(C)CN(Cc2ccc(NC(=O)C#Cc3ccc(-c4ccc(Cl)cc4)cc3)cc2)C1. The van der Waals surface area contributed by atoms with Crippen LogP contribution in [0.5, 0.6) is 0 Å². The Morgan fingerprint density at radius 3 is 2.09 bits per heavy atom. The van der Waals surface area contributed by atoms with Crippen molar-refractivity contribution in [1.82, 2.24) is 4.90 Å². The first-order chi connectivity index (χ1) is 15.9. The molecule has 1 amide bonds. The van der Waals surface area contributed by atoms with Crippen molar-refractivity contribution < 1.29 is 4.79 Å². The average molecular weight is 457 g/mol. The minimum atomic E-state index is -0.316. The zero-order valence-corrected chi connectivity index (χ0v) is 19.9. The van der Waals surface area contributed by atoms with Crippen molar-refractivity contribution >= 4 is 23.2 Å². The van der Waals surface area contributed by atoms with Gasteiger partial charge in [0.2, 0.25) is 0 Å². The standard InChI is InChI=1S/C29H29ClN2O/c1-21-17-22(2)19-32(18-21)20-24-5-14-28(15-6-24)31-29(33)16-7-23-3-8-25(9-4-23)26-10-12-27(30)13-11-26/h3-6,8-15,21-22H,17-20H2,1-2H3,(H,31,33). The molecule has 0 aromatic heterocycles. The molecule has 4 heteroatoms. The third kappa shape index (κ3) is 6.71. The van der Waals surface area contributed by atoms with E-state index in [0.717, 1.165) is 53.8 Å². The van der Waals surface area contributed by atoms with E-state index in [4.69, 9.17) is 11.6 Å². The molecule has 2 unspecified atom stereocenters. The number of amides is 1. The summed E-state index contributed by atoms with van der Waals surface area (Å²) >= 11 is 5.95. The number of hydrogen-bond donors (Lipinski definition) is 1. The lowest BCUT2D eigenvalue weighted by atomic mass is 9.91. The number of halogens is 1. The fraction of sp³-hybridized carbons (Fsp3) is 0.276. The van der Waals surface area contributed by atoms with E-state index in [2.05, 4.69) is 48.0 Å². The van der Waals surface area contributed by atoms with Crippen LogP contribution in [0.2, 0.25) is 5.02 Å². The summed E-state index contributed by atoms with van der Waals surface area (Å²) in [6.07, 6.45) is 1.31. The molecule has 3 aromatic carbocycles. The lowest BCUT2D eigenvalue weighted by Crippen LogP contribution is -2.38. The number of nitrogens with zero attached hydrogens (tertiary/aromatic N) is 1. The molecule has 0 saturated carbocycles. The van der Waals surface area contributed by atoms with Gasteiger partial charge in [0.1, 0.15) is 0 Å². The number of hydrogen-bond acceptors (Lipinski definition) is 2. The monoisotopic (exact) mass is 456 g/mol.